The van der Waals surface area contributed by atoms with Crippen molar-refractivity contribution in [1.29, 1.82) is 0 Å². The van der Waals surface area contributed by atoms with Crippen molar-refractivity contribution in [1.82, 2.24) is 14.5 Å². The second-order valence-electron chi connectivity index (χ2n) is 7.42. The van der Waals surface area contributed by atoms with Crippen molar-refractivity contribution >= 4 is 15.9 Å². The van der Waals surface area contributed by atoms with Gasteiger partial charge >= 0.3 is 0 Å². The van der Waals surface area contributed by atoms with E-state index in [4.69, 9.17) is 4.74 Å². The Hall–Kier alpha value is -2.42. The van der Waals surface area contributed by atoms with Gasteiger partial charge in [-0.1, -0.05) is 35.9 Å². The summed E-state index contributed by atoms with van der Waals surface area (Å²) in [6, 6.07) is 16.2. The summed E-state index contributed by atoms with van der Waals surface area (Å²) in [7, 11) is -3.46. The Kier molecular flexibility index (Phi) is 7.47. The number of rotatable bonds is 8. The molecule has 7 nitrogen and oxygen atoms in total. The Labute approximate surface area is 178 Å². The standard InChI is InChI=1S/C22H29N3O4S/c1-18-8-10-21(11-9-18)30(27,28)25-16-14-24(15-17-25)13-12-23-22(26)19(2)29-20-6-4-3-5-7-20/h3-11,19H,12-17H2,1-2H3,(H,23,26). The van der Waals surface area contributed by atoms with E-state index in [2.05, 4.69) is 10.2 Å². The van der Waals surface area contributed by atoms with Gasteiger partial charge in [0.25, 0.3) is 5.91 Å². The number of carbonyl (C=O) groups is 1. The lowest BCUT2D eigenvalue weighted by atomic mass is 10.2. The molecule has 0 saturated carbocycles. The van der Waals surface area contributed by atoms with Crippen molar-refractivity contribution in [3.05, 3.63) is 60.2 Å². The van der Waals surface area contributed by atoms with Crippen LogP contribution in [0, 0.1) is 6.92 Å². The van der Waals surface area contributed by atoms with Crippen LogP contribution in [0.4, 0.5) is 0 Å². The van der Waals surface area contributed by atoms with E-state index < -0.39 is 16.1 Å². The van der Waals surface area contributed by atoms with Crippen LogP contribution >= 0.6 is 0 Å². The molecule has 1 aliphatic heterocycles. The Morgan fingerprint density at radius 3 is 2.30 bits per heavy atom. The molecule has 2 aromatic carbocycles. The maximum absolute atomic E-state index is 12.8. The quantitative estimate of drug-likeness (QED) is 0.691. The Morgan fingerprint density at radius 2 is 1.67 bits per heavy atom. The maximum atomic E-state index is 12.8. The number of sulfonamides is 1. The van der Waals surface area contributed by atoms with Gasteiger partial charge in [-0.05, 0) is 38.1 Å². The zero-order chi connectivity index (χ0) is 21.6. The fourth-order valence-electron chi connectivity index (χ4n) is 3.29. The lowest BCUT2D eigenvalue weighted by molar-refractivity contribution is -0.127. The van der Waals surface area contributed by atoms with E-state index in [1.165, 1.54) is 4.31 Å². The highest BCUT2D eigenvalue weighted by Gasteiger charge is 2.28. The number of carbonyl (C=O) groups excluding carboxylic acids is 1. The van der Waals surface area contributed by atoms with Crippen molar-refractivity contribution in [3.8, 4) is 5.75 Å². The number of ether oxygens (including phenoxy) is 1. The van der Waals surface area contributed by atoms with Crippen LogP contribution in [0.15, 0.2) is 59.5 Å². The highest BCUT2D eigenvalue weighted by molar-refractivity contribution is 7.89. The number of nitrogens with zero attached hydrogens (tertiary/aromatic N) is 2. The number of hydrogen-bond acceptors (Lipinski definition) is 5. The zero-order valence-corrected chi connectivity index (χ0v) is 18.3. The molecule has 1 fully saturated rings. The summed E-state index contributed by atoms with van der Waals surface area (Å²) in [5.74, 6) is 0.491. The van der Waals surface area contributed by atoms with E-state index in [0.717, 1.165) is 5.56 Å². The molecule has 1 aliphatic rings. The maximum Gasteiger partial charge on any atom is 0.260 e. The molecule has 30 heavy (non-hydrogen) atoms. The normalized spacial score (nSPS) is 16.7. The first-order valence-corrected chi connectivity index (χ1v) is 11.6. The number of aryl methyl sites for hydroxylation is 1. The first-order valence-electron chi connectivity index (χ1n) is 10.1. The van der Waals surface area contributed by atoms with Crippen molar-refractivity contribution in [2.24, 2.45) is 0 Å². The molecular formula is C22H29N3O4S. The molecule has 3 rings (SSSR count). The molecular weight excluding hydrogens is 402 g/mol. The third-order valence-electron chi connectivity index (χ3n) is 5.14. The van der Waals surface area contributed by atoms with Gasteiger partial charge in [-0.25, -0.2) is 8.42 Å². The third-order valence-corrected chi connectivity index (χ3v) is 7.06. The molecule has 1 atom stereocenters. The summed E-state index contributed by atoms with van der Waals surface area (Å²) in [5, 5.41) is 2.89. The van der Waals surface area contributed by atoms with Crippen LogP contribution in [-0.2, 0) is 14.8 Å². The van der Waals surface area contributed by atoms with Crippen LogP contribution in [0.2, 0.25) is 0 Å². The smallest absolute Gasteiger partial charge is 0.260 e. The number of piperazine rings is 1. The summed E-state index contributed by atoms with van der Waals surface area (Å²) in [4.78, 5) is 14.7. The van der Waals surface area contributed by atoms with E-state index in [1.54, 1.807) is 19.1 Å². The molecule has 162 valence electrons. The monoisotopic (exact) mass is 431 g/mol. The minimum Gasteiger partial charge on any atom is -0.481 e. The number of amides is 1. The Morgan fingerprint density at radius 1 is 1.03 bits per heavy atom. The minimum atomic E-state index is -3.46. The van der Waals surface area contributed by atoms with Crippen molar-refractivity contribution in [2.45, 2.75) is 24.8 Å². The van der Waals surface area contributed by atoms with E-state index in [1.807, 2.05) is 49.4 Å². The lowest BCUT2D eigenvalue weighted by Gasteiger charge is -2.34. The minimum absolute atomic E-state index is 0.167. The fraction of sp³-hybridized carbons (Fsp3) is 0.409. The largest absolute Gasteiger partial charge is 0.481 e. The predicted molar refractivity (Wildman–Crippen MR) is 116 cm³/mol. The molecule has 0 spiro atoms. The molecule has 8 heteroatoms. The van der Waals surface area contributed by atoms with Gasteiger partial charge in [0.1, 0.15) is 5.75 Å². The van der Waals surface area contributed by atoms with Gasteiger partial charge in [0.2, 0.25) is 10.0 Å². The first-order chi connectivity index (χ1) is 14.4. The second-order valence-corrected chi connectivity index (χ2v) is 9.36. The van der Waals surface area contributed by atoms with E-state index >= 15 is 0 Å². The number of nitrogens with one attached hydrogen (secondary N) is 1. The van der Waals surface area contributed by atoms with E-state index in [0.29, 0.717) is 49.9 Å². The first kappa shape index (κ1) is 22.3. The summed E-state index contributed by atoms with van der Waals surface area (Å²) in [5.41, 5.74) is 1.03. The van der Waals surface area contributed by atoms with Gasteiger partial charge in [-0.3, -0.25) is 9.69 Å². The van der Waals surface area contributed by atoms with Gasteiger partial charge in [0, 0.05) is 39.3 Å². The molecule has 1 heterocycles. The molecule has 2 aromatic rings. The average Bonchev–Trinajstić information content (AvgIpc) is 2.75. The van der Waals surface area contributed by atoms with Gasteiger partial charge in [-0.15, -0.1) is 0 Å². The topological polar surface area (TPSA) is 79.0 Å². The molecule has 0 radical (unpaired) electrons. The molecule has 1 amide bonds. The van der Waals surface area contributed by atoms with Crippen LogP contribution in [-0.4, -0.2) is 68.9 Å². The average molecular weight is 432 g/mol. The van der Waals surface area contributed by atoms with E-state index in [-0.39, 0.29) is 5.91 Å². The molecule has 1 unspecified atom stereocenters. The summed E-state index contributed by atoms with van der Waals surface area (Å²) < 4.78 is 32.7. The second kappa shape index (κ2) is 10.1. The van der Waals surface area contributed by atoms with Crippen LogP contribution in [0.5, 0.6) is 5.75 Å². The van der Waals surface area contributed by atoms with Crippen molar-refractivity contribution in [2.75, 3.05) is 39.3 Å². The van der Waals surface area contributed by atoms with Crippen LogP contribution in [0.25, 0.3) is 0 Å². The van der Waals surface area contributed by atoms with Crippen molar-refractivity contribution in [3.63, 3.8) is 0 Å². The summed E-state index contributed by atoms with van der Waals surface area (Å²) >= 11 is 0. The summed E-state index contributed by atoms with van der Waals surface area (Å²) in [6.07, 6.45) is -0.580. The zero-order valence-electron chi connectivity index (χ0n) is 17.5. The highest BCUT2D eigenvalue weighted by Crippen LogP contribution is 2.18. The SMILES string of the molecule is Cc1ccc(S(=O)(=O)N2CCN(CCNC(=O)C(C)Oc3ccccc3)CC2)cc1. The van der Waals surface area contributed by atoms with Gasteiger partial charge in [0.15, 0.2) is 6.10 Å². The molecule has 0 bridgehead atoms. The third kappa shape index (κ3) is 5.81. The van der Waals surface area contributed by atoms with Gasteiger partial charge < -0.3 is 10.1 Å². The van der Waals surface area contributed by atoms with Crippen LogP contribution in [0.3, 0.4) is 0 Å². The number of benzene rings is 2. The molecule has 1 N–H and O–H groups in total. The summed E-state index contributed by atoms with van der Waals surface area (Å²) in [6.45, 7) is 6.97. The van der Waals surface area contributed by atoms with Crippen LogP contribution in [0.1, 0.15) is 12.5 Å². The highest BCUT2D eigenvalue weighted by atomic mass is 32.2. The molecule has 0 aromatic heterocycles. The fourth-order valence-corrected chi connectivity index (χ4v) is 4.71. The van der Waals surface area contributed by atoms with Crippen LogP contribution < -0.4 is 10.1 Å². The molecule has 1 saturated heterocycles. The lowest BCUT2D eigenvalue weighted by Crippen LogP contribution is -2.50. The van der Waals surface area contributed by atoms with Gasteiger partial charge in [0.05, 0.1) is 4.90 Å². The van der Waals surface area contributed by atoms with E-state index in [9.17, 15) is 13.2 Å². The van der Waals surface area contributed by atoms with Crippen molar-refractivity contribution < 1.29 is 17.9 Å². The van der Waals surface area contributed by atoms with Gasteiger partial charge in [-0.2, -0.15) is 4.31 Å². The Bertz CT molecular complexity index is 925. The Balaban J connectivity index is 1.40. The molecule has 0 aliphatic carbocycles. The predicted octanol–water partition coefficient (Wildman–Crippen LogP) is 1.89. The number of hydrogen-bond donors (Lipinski definition) is 1. The number of para-hydroxylation sites is 1.